The Morgan fingerprint density at radius 3 is 2.13 bits per heavy atom. The number of nitrogens with one attached hydrogen (secondary N) is 1. The highest BCUT2D eigenvalue weighted by Crippen LogP contribution is 2.15. The molecular weight excluding hydrogens is 356 g/mol. The zero-order valence-corrected chi connectivity index (χ0v) is 14.5. The highest BCUT2D eigenvalue weighted by molar-refractivity contribution is 9.10. The minimum Gasteiger partial charge on any atom is -0.378 e. The van der Waals surface area contributed by atoms with E-state index in [2.05, 4.69) is 21.2 Å². The second-order valence-corrected chi connectivity index (χ2v) is 6.05. The molecule has 2 aromatic rings. The summed E-state index contributed by atoms with van der Waals surface area (Å²) in [6, 6.07) is 14.4. The van der Waals surface area contributed by atoms with Gasteiger partial charge in [-0.3, -0.25) is 9.59 Å². The fourth-order valence-electron chi connectivity index (χ4n) is 1.89. The smallest absolute Gasteiger partial charge is 0.248 e. The van der Waals surface area contributed by atoms with E-state index in [1.54, 1.807) is 24.3 Å². The summed E-state index contributed by atoms with van der Waals surface area (Å²) in [4.78, 5) is 25.8. The first-order chi connectivity index (χ1) is 11.0. The molecule has 0 heterocycles. The maximum atomic E-state index is 11.9. The standard InChI is InChI=1S/C18H17BrN2O2/c1-21(2)16-9-7-15(8-10-16)20-18(23)12-11-17(22)13-3-5-14(19)6-4-13/h3-12H,1-2H3,(H,20,23)/b12-11+. The van der Waals surface area contributed by atoms with Gasteiger partial charge in [0.25, 0.3) is 0 Å². The Morgan fingerprint density at radius 2 is 1.57 bits per heavy atom. The summed E-state index contributed by atoms with van der Waals surface area (Å²) in [6.45, 7) is 0. The van der Waals surface area contributed by atoms with Gasteiger partial charge in [-0.25, -0.2) is 0 Å². The minimum absolute atomic E-state index is 0.212. The van der Waals surface area contributed by atoms with Crippen molar-refractivity contribution in [2.75, 3.05) is 24.3 Å². The van der Waals surface area contributed by atoms with Crippen LogP contribution in [-0.4, -0.2) is 25.8 Å². The topological polar surface area (TPSA) is 49.4 Å². The first-order valence-corrected chi connectivity index (χ1v) is 7.81. The van der Waals surface area contributed by atoms with Gasteiger partial charge in [-0.2, -0.15) is 0 Å². The number of anilines is 2. The molecule has 0 spiro atoms. The van der Waals surface area contributed by atoms with Gasteiger partial charge in [0.15, 0.2) is 5.78 Å². The van der Waals surface area contributed by atoms with E-state index in [-0.39, 0.29) is 11.7 Å². The van der Waals surface area contributed by atoms with E-state index in [0.717, 1.165) is 10.2 Å². The number of hydrogen-bond acceptors (Lipinski definition) is 3. The second kappa shape index (κ2) is 7.74. The molecule has 0 aliphatic carbocycles. The number of amides is 1. The first kappa shape index (κ1) is 17.0. The minimum atomic E-state index is -0.340. The average Bonchev–Trinajstić information content (AvgIpc) is 2.54. The molecule has 2 aromatic carbocycles. The van der Waals surface area contributed by atoms with Gasteiger partial charge in [0.05, 0.1) is 0 Å². The quantitative estimate of drug-likeness (QED) is 0.639. The Morgan fingerprint density at radius 1 is 0.957 bits per heavy atom. The SMILES string of the molecule is CN(C)c1ccc(NC(=O)/C=C/C(=O)c2ccc(Br)cc2)cc1. The maximum absolute atomic E-state index is 11.9. The van der Waals surface area contributed by atoms with Crippen molar-refractivity contribution < 1.29 is 9.59 Å². The molecule has 118 valence electrons. The van der Waals surface area contributed by atoms with Crippen LogP contribution < -0.4 is 10.2 Å². The Kier molecular flexibility index (Phi) is 5.71. The molecular formula is C18H17BrN2O2. The predicted molar refractivity (Wildman–Crippen MR) is 97.0 cm³/mol. The van der Waals surface area contributed by atoms with Gasteiger partial charge in [-0.15, -0.1) is 0 Å². The zero-order chi connectivity index (χ0) is 16.8. The summed E-state index contributed by atoms with van der Waals surface area (Å²) in [5.74, 6) is -0.552. The number of hydrogen-bond donors (Lipinski definition) is 1. The van der Waals surface area contributed by atoms with Crippen molar-refractivity contribution in [2.24, 2.45) is 0 Å². The number of carbonyl (C=O) groups excluding carboxylic acids is 2. The molecule has 0 fully saturated rings. The normalized spacial score (nSPS) is 10.6. The van der Waals surface area contributed by atoms with Gasteiger partial charge in [0.1, 0.15) is 0 Å². The average molecular weight is 373 g/mol. The summed E-state index contributed by atoms with van der Waals surface area (Å²) < 4.78 is 0.900. The summed E-state index contributed by atoms with van der Waals surface area (Å²) in [6.07, 6.45) is 2.51. The molecule has 23 heavy (non-hydrogen) atoms. The molecule has 0 saturated carbocycles. The van der Waals surface area contributed by atoms with Crippen molar-refractivity contribution in [3.63, 3.8) is 0 Å². The van der Waals surface area contributed by atoms with Crippen molar-refractivity contribution in [3.8, 4) is 0 Å². The lowest BCUT2D eigenvalue weighted by molar-refractivity contribution is -0.111. The highest BCUT2D eigenvalue weighted by atomic mass is 79.9. The molecule has 1 amide bonds. The molecule has 1 N–H and O–H groups in total. The Hall–Kier alpha value is -2.40. The molecule has 0 saturated heterocycles. The summed E-state index contributed by atoms with van der Waals surface area (Å²) in [5, 5.41) is 2.72. The lowest BCUT2D eigenvalue weighted by Crippen LogP contribution is -2.10. The van der Waals surface area contributed by atoms with E-state index in [0.29, 0.717) is 11.3 Å². The monoisotopic (exact) mass is 372 g/mol. The number of allylic oxidation sites excluding steroid dienone is 1. The van der Waals surface area contributed by atoms with Crippen LogP contribution in [0.25, 0.3) is 0 Å². The third-order valence-corrected chi connectivity index (χ3v) is 3.69. The van der Waals surface area contributed by atoms with Gasteiger partial charge in [0, 0.05) is 41.6 Å². The molecule has 0 unspecified atom stereocenters. The van der Waals surface area contributed by atoms with E-state index in [9.17, 15) is 9.59 Å². The largest absolute Gasteiger partial charge is 0.378 e. The number of rotatable bonds is 5. The van der Waals surface area contributed by atoms with E-state index >= 15 is 0 Å². The lowest BCUT2D eigenvalue weighted by Gasteiger charge is -2.12. The number of halogens is 1. The van der Waals surface area contributed by atoms with Crippen molar-refractivity contribution in [3.05, 3.63) is 70.7 Å². The van der Waals surface area contributed by atoms with Gasteiger partial charge in [-0.1, -0.05) is 15.9 Å². The Labute approximate surface area is 143 Å². The Balaban J connectivity index is 1.95. The lowest BCUT2D eigenvalue weighted by atomic mass is 10.1. The van der Waals surface area contributed by atoms with Crippen LogP contribution >= 0.6 is 15.9 Å². The number of benzene rings is 2. The van der Waals surface area contributed by atoms with Gasteiger partial charge in [0.2, 0.25) is 5.91 Å². The van der Waals surface area contributed by atoms with Crippen molar-refractivity contribution in [1.29, 1.82) is 0 Å². The fourth-order valence-corrected chi connectivity index (χ4v) is 2.15. The molecule has 0 aliphatic rings. The molecule has 0 aliphatic heterocycles. The van der Waals surface area contributed by atoms with E-state index in [1.165, 1.54) is 12.2 Å². The molecule has 5 heteroatoms. The first-order valence-electron chi connectivity index (χ1n) is 7.02. The number of carbonyl (C=O) groups is 2. The molecule has 0 aromatic heterocycles. The van der Waals surface area contributed by atoms with Crippen LogP contribution in [0.5, 0.6) is 0 Å². The van der Waals surface area contributed by atoms with Crippen molar-refractivity contribution in [1.82, 2.24) is 0 Å². The summed E-state index contributed by atoms with van der Waals surface area (Å²) >= 11 is 3.31. The molecule has 0 radical (unpaired) electrons. The van der Waals surface area contributed by atoms with E-state index in [4.69, 9.17) is 0 Å². The van der Waals surface area contributed by atoms with Crippen LogP contribution in [-0.2, 0) is 4.79 Å². The van der Waals surface area contributed by atoms with E-state index < -0.39 is 0 Å². The van der Waals surface area contributed by atoms with Crippen LogP contribution in [0.2, 0.25) is 0 Å². The van der Waals surface area contributed by atoms with Crippen molar-refractivity contribution >= 4 is 39.0 Å². The summed E-state index contributed by atoms with van der Waals surface area (Å²) in [7, 11) is 3.90. The predicted octanol–water partition coefficient (Wildman–Crippen LogP) is 3.89. The number of nitrogens with zero attached hydrogens (tertiary/aromatic N) is 1. The highest BCUT2D eigenvalue weighted by Gasteiger charge is 2.03. The zero-order valence-electron chi connectivity index (χ0n) is 12.9. The molecule has 0 atom stereocenters. The van der Waals surface area contributed by atoms with Crippen molar-refractivity contribution in [2.45, 2.75) is 0 Å². The van der Waals surface area contributed by atoms with Gasteiger partial charge >= 0.3 is 0 Å². The van der Waals surface area contributed by atoms with Crippen LogP contribution in [0.4, 0.5) is 11.4 Å². The molecule has 0 bridgehead atoms. The van der Waals surface area contributed by atoms with Crippen LogP contribution in [0.15, 0.2) is 65.2 Å². The van der Waals surface area contributed by atoms with Gasteiger partial charge < -0.3 is 10.2 Å². The van der Waals surface area contributed by atoms with Crippen LogP contribution in [0.3, 0.4) is 0 Å². The summed E-state index contributed by atoms with van der Waals surface area (Å²) in [5.41, 5.74) is 2.26. The van der Waals surface area contributed by atoms with E-state index in [1.807, 2.05) is 43.3 Å². The fraction of sp³-hybridized carbons (Fsp3) is 0.111. The van der Waals surface area contributed by atoms with Crippen LogP contribution in [0.1, 0.15) is 10.4 Å². The number of ketones is 1. The molecule has 2 rings (SSSR count). The van der Waals surface area contributed by atoms with Gasteiger partial charge in [-0.05, 0) is 54.6 Å². The Bertz CT molecular complexity index is 720. The maximum Gasteiger partial charge on any atom is 0.248 e. The third-order valence-electron chi connectivity index (χ3n) is 3.17. The van der Waals surface area contributed by atoms with Crippen LogP contribution in [0, 0.1) is 0 Å². The second-order valence-electron chi connectivity index (χ2n) is 5.14. The third kappa shape index (κ3) is 5.07. The molecule has 4 nitrogen and oxygen atoms in total.